The molecule has 0 bridgehead atoms. The van der Waals surface area contributed by atoms with Gasteiger partial charge < -0.3 is 10.1 Å². The van der Waals surface area contributed by atoms with Gasteiger partial charge in [-0.25, -0.2) is 4.39 Å². The molecule has 0 saturated carbocycles. The van der Waals surface area contributed by atoms with E-state index in [1.807, 2.05) is 24.8 Å². The van der Waals surface area contributed by atoms with Gasteiger partial charge in [-0.3, -0.25) is 9.69 Å². The zero-order valence-corrected chi connectivity index (χ0v) is 17.1. The molecule has 1 amide bonds. The van der Waals surface area contributed by atoms with Gasteiger partial charge in [0.15, 0.2) is 11.6 Å². The predicted octanol–water partition coefficient (Wildman–Crippen LogP) is 4.48. The lowest BCUT2D eigenvalue weighted by molar-refractivity contribution is -0.116. The van der Waals surface area contributed by atoms with Gasteiger partial charge in [-0.2, -0.15) is 11.8 Å². The number of halogens is 1. The summed E-state index contributed by atoms with van der Waals surface area (Å²) in [5, 5.41) is 2.97. The largest absolute Gasteiger partial charge is 0.491 e. The van der Waals surface area contributed by atoms with E-state index in [0.717, 1.165) is 30.9 Å². The van der Waals surface area contributed by atoms with Crippen molar-refractivity contribution in [1.82, 2.24) is 4.90 Å². The molecule has 4 nitrogen and oxygen atoms in total. The van der Waals surface area contributed by atoms with Crippen LogP contribution in [0.3, 0.4) is 0 Å². The van der Waals surface area contributed by atoms with Gasteiger partial charge in [0.1, 0.15) is 0 Å². The van der Waals surface area contributed by atoms with Crippen LogP contribution in [0.1, 0.15) is 24.0 Å². The molecule has 1 saturated heterocycles. The Labute approximate surface area is 170 Å². The standard InChI is InChI=1S/C22H27FN2O2S/c1-17-15-18(16-25-10-13-28-14-11-25)8-9-20(17)24-22(26)7-4-12-27-21-6-3-2-5-19(21)23/h2-3,5-6,8-9,15H,4,7,10-14,16H2,1H3,(H,24,26). The van der Waals surface area contributed by atoms with Crippen molar-refractivity contribution in [3.8, 4) is 5.75 Å². The summed E-state index contributed by atoms with van der Waals surface area (Å²) in [6.07, 6.45) is 0.866. The van der Waals surface area contributed by atoms with E-state index in [1.54, 1.807) is 18.2 Å². The third-order valence-electron chi connectivity index (χ3n) is 4.72. The van der Waals surface area contributed by atoms with E-state index in [0.29, 0.717) is 19.4 Å². The average molecular weight is 403 g/mol. The Hall–Kier alpha value is -2.05. The number of thioether (sulfide) groups is 1. The summed E-state index contributed by atoms with van der Waals surface area (Å²) >= 11 is 2.01. The summed E-state index contributed by atoms with van der Waals surface area (Å²) in [5.41, 5.74) is 3.19. The Morgan fingerprint density at radius 2 is 2.00 bits per heavy atom. The van der Waals surface area contributed by atoms with Gasteiger partial charge in [0, 0.05) is 43.2 Å². The third kappa shape index (κ3) is 6.24. The molecular weight excluding hydrogens is 375 g/mol. The lowest BCUT2D eigenvalue weighted by Gasteiger charge is -2.26. The number of rotatable bonds is 8. The number of hydrogen-bond acceptors (Lipinski definition) is 4. The van der Waals surface area contributed by atoms with Crippen molar-refractivity contribution in [2.75, 3.05) is 36.5 Å². The third-order valence-corrected chi connectivity index (χ3v) is 5.66. The topological polar surface area (TPSA) is 41.6 Å². The number of carbonyl (C=O) groups excluding carboxylic acids is 1. The first kappa shape index (κ1) is 20.7. The average Bonchev–Trinajstić information content (AvgIpc) is 2.69. The Bertz CT molecular complexity index is 794. The SMILES string of the molecule is Cc1cc(CN2CCSCC2)ccc1NC(=O)CCCOc1ccccc1F. The first-order valence-electron chi connectivity index (χ1n) is 9.68. The number of para-hydroxylation sites is 1. The molecule has 2 aromatic carbocycles. The van der Waals surface area contributed by atoms with E-state index in [4.69, 9.17) is 4.74 Å². The highest BCUT2D eigenvalue weighted by Gasteiger charge is 2.12. The molecule has 6 heteroatoms. The zero-order valence-electron chi connectivity index (χ0n) is 16.2. The molecule has 0 aliphatic carbocycles. The molecule has 28 heavy (non-hydrogen) atoms. The van der Waals surface area contributed by atoms with Crippen LogP contribution in [0, 0.1) is 12.7 Å². The van der Waals surface area contributed by atoms with Crippen LogP contribution in [0.25, 0.3) is 0 Å². The van der Waals surface area contributed by atoms with E-state index >= 15 is 0 Å². The lowest BCUT2D eigenvalue weighted by atomic mass is 10.1. The molecule has 1 aliphatic rings. The van der Waals surface area contributed by atoms with Crippen molar-refractivity contribution in [3.05, 3.63) is 59.4 Å². The summed E-state index contributed by atoms with van der Waals surface area (Å²) in [6.45, 7) is 5.56. The molecule has 0 spiro atoms. The molecule has 0 unspecified atom stereocenters. The van der Waals surface area contributed by atoms with Crippen molar-refractivity contribution < 1.29 is 13.9 Å². The molecule has 150 valence electrons. The quantitative estimate of drug-likeness (QED) is 0.661. The number of benzene rings is 2. The van der Waals surface area contributed by atoms with Crippen LogP contribution < -0.4 is 10.1 Å². The summed E-state index contributed by atoms with van der Waals surface area (Å²) in [6, 6.07) is 12.5. The lowest BCUT2D eigenvalue weighted by Crippen LogP contribution is -2.31. The maximum absolute atomic E-state index is 13.5. The maximum atomic E-state index is 13.5. The number of nitrogens with one attached hydrogen (secondary N) is 1. The molecule has 1 N–H and O–H groups in total. The zero-order chi connectivity index (χ0) is 19.8. The fourth-order valence-corrected chi connectivity index (χ4v) is 4.15. The number of nitrogens with zero attached hydrogens (tertiary/aromatic N) is 1. The predicted molar refractivity (Wildman–Crippen MR) is 114 cm³/mol. The first-order valence-corrected chi connectivity index (χ1v) is 10.8. The minimum absolute atomic E-state index is 0.0546. The Morgan fingerprint density at radius 3 is 2.75 bits per heavy atom. The summed E-state index contributed by atoms with van der Waals surface area (Å²) < 4.78 is 18.9. The molecule has 1 heterocycles. The minimum atomic E-state index is -0.383. The van der Waals surface area contributed by atoms with Crippen LogP contribution in [-0.2, 0) is 11.3 Å². The van der Waals surface area contributed by atoms with Gasteiger partial charge in [0.2, 0.25) is 5.91 Å². The number of aryl methyl sites for hydroxylation is 1. The van der Waals surface area contributed by atoms with Crippen molar-refractivity contribution in [3.63, 3.8) is 0 Å². The molecule has 1 aliphatic heterocycles. The summed E-state index contributed by atoms with van der Waals surface area (Å²) in [5.74, 6) is 2.19. The van der Waals surface area contributed by atoms with Gasteiger partial charge in [0.25, 0.3) is 0 Å². The fourth-order valence-electron chi connectivity index (χ4n) is 3.17. The molecule has 0 aromatic heterocycles. The highest BCUT2D eigenvalue weighted by molar-refractivity contribution is 7.99. The molecule has 0 radical (unpaired) electrons. The summed E-state index contributed by atoms with van der Waals surface area (Å²) in [7, 11) is 0. The van der Waals surface area contributed by atoms with E-state index < -0.39 is 0 Å². The summed E-state index contributed by atoms with van der Waals surface area (Å²) in [4.78, 5) is 14.7. The maximum Gasteiger partial charge on any atom is 0.224 e. The van der Waals surface area contributed by atoms with Crippen LogP contribution >= 0.6 is 11.8 Å². The molecule has 2 aromatic rings. The van der Waals surface area contributed by atoms with Gasteiger partial charge >= 0.3 is 0 Å². The van der Waals surface area contributed by atoms with E-state index in [1.165, 1.54) is 23.1 Å². The van der Waals surface area contributed by atoms with Crippen molar-refractivity contribution in [2.24, 2.45) is 0 Å². The first-order chi connectivity index (χ1) is 13.6. The van der Waals surface area contributed by atoms with Crippen molar-refractivity contribution in [1.29, 1.82) is 0 Å². The minimum Gasteiger partial charge on any atom is -0.491 e. The van der Waals surface area contributed by atoms with Crippen LogP contribution in [0.2, 0.25) is 0 Å². The molecule has 0 atom stereocenters. The molecular formula is C22H27FN2O2S. The number of ether oxygens (including phenoxy) is 1. The van der Waals surface area contributed by atoms with Crippen molar-refractivity contribution in [2.45, 2.75) is 26.3 Å². The number of hydrogen-bond donors (Lipinski definition) is 1. The number of carbonyl (C=O) groups is 1. The fraction of sp³-hybridized carbons (Fsp3) is 0.409. The van der Waals surface area contributed by atoms with E-state index in [2.05, 4.69) is 22.3 Å². The van der Waals surface area contributed by atoms with Crippen LogP contribution in [0.4, 0.5) is 10.1 Å². The normalized spacial score (nSPS) is 14.6. The highest BCUT2D eigenvalue weighted by atomic mass is 32.2. The second-order valence-electron chi connectivity index (χ2n) is 6.97. The van der Waals surface area contributed by atoms with Gasteiger partial charge in [-0.05, 0) is 42.7 Å². The Kier molecular flexibility index (Phi) is 7.74. The second-order valence-corrected chi connectivity index (χ2v) is 8.19. The Morgan fingerprint density at radius 1 is 1.21 bits per heavy atom. The van der Waals surface area contributed by atoms with E-state index in [9.17, 15) is 9.18 Å². The van der Waals surface area contributed by atoms with Gasteiger partial charge in [-0.15, -0.1) is 0 Å². The van der Waals surface area contributed by atoms with Crippen LogP contribution in [0.15, 0.2) is 42.5 Å². The smallest absolute Gasteiger partial charge is 0.224 e. The van der Waals surface area contributed by atoms with Crippen molar-refractivity contribution >= 4 is 23.4 Å². The number of anilines is 1. The van der Waals surface area contributed by atoms with Crippen LogP contribution in [-0.4, -0.2) is 42.0 Å². The van der Waals surface area contributed by atoms with E-state index in [-0.39, 0.29) is 17.5 Å². The monoisotopic (exact) mass is 402 g/mol. The Balaban J connectivity index is 1.42. The molecule has 3 rings (SSSR count). The second kappa shape index (κ2) is 10.5. The van der Waals surface area contributed by atoms with Crippen LogP contribution in [0.5, 0.6) is 5.75 Å². The number of amides is 1. The van der Waals surface area contributed by atoms with Gasteiger partial charge in [-0.1, -0.05) is 24.3 Å². The van der Waals surface area contributed by atoms with Gasteiger partial charge in [0.05, 0.1) is 6.61 Å². The molecule has 1 fully saturated rings. The highest BCUT2D eigenvalue weighted by Crippen LogP contribution is 2.20.